The Bertz CT molecular complexity index is 226. The molecule has 1 N–H and O–H groups in total. The van der Waals surface area contributed by atoms with Crippen LogP contribution in [0.15, 0.2) is 0 Å². The van der Waals surface area contributed by atoms with Gasteiger partial charge in [0, 0.05) is 20.8 Å². The predicted molar refractivity (Wildman–Crippen MR) is 65.8 cm³/mol. The molecule has 1 rings (SSSR count). The van der Waals surface area contributed by atoms with Gasteiger partial charge in [-0.3, -0.25) is 4.79 Å². The van der Waals surface area contributed by atoms with Crippen LogP contribution in [0.2, 0.25) is 0 Å². The molecule has 1 amide bonds. The second kappa shape index (κ2) is 6.57. The fourth-order valence-electron chi connectivity index (χ4n) is 1.84. The Hall–Kier alpha value is -0.130. The zero-order chi connectivity index (χ0) is 12.0. The van der Waals surface area contributed by atoms with Crippen LogP contribution < -0.4 is 5.32 Å². The largest absolute Gasteiger partial charge is 0.383 e. The minimum Gasteiger partial charge on any atom is -0.383 e. The van der Waals surface area contributed by atoms with Crippen molar-refractivity contribution in [3.63, 3.8) is 0 Å². The Morgan fingerprint density at radius 3 is 2.62 bits per heavy atom. The van der Waals surface area contributed by atoms with Crippen LogP contribution in [0.25, 0.3) is 0 Å². The van der Waals surface area contributed by atoms with Crippen molar-refractivity contribution < 1.29 is 14.3 Å². The Labute approximate surface area is 105 Å². The van der Waals surface area contributed by atoms with Crippen LogP contribution in [0.5, 0.6) is 0 Å². The van der Waals surface area contributed by atoms with Gasteiger partial charge in [0.25, 0.3) is 0 Å². The zero-order valence-corrected chi connectivity index (χ0v) is 11.5. The number of alkyl halides is 1. The molecule has 0 aliphatic heterocycles. The van der Waals surface area contributed by atoms with Gasteiger partial charge in [0.15, 0.2) is 0 Å². The lowest BCUT2D eigenvalue weighted by molar-refractivity contribution is -0.134. The summed E-state index contributed by atoms with van der Waals surface area (Å²) in [6.45, 7) is 1.18. The van der Waals surface area contributed by atoms with Crippen molar-refractivity contribution in [2.75, 3.05) is 27.4 Å². The van der Waals surface area contributed by atoms with E-state index >= 15 is 0 Å². The second-order valence-electron chi connectivity index (χ2n) is 4.27. The average molecular weight is 294 g/mol. The molecule has 0 bridgehead atoms. The zero-order valence-electron chi connectivity index (χ0n) is 9.92. The lowest BCUT2D eigenvalue weighted by Gasteiger charge is -2.39. The smallest absolute Gasteiger partial charge is 0.222 e. The van der Waals surface area contributed by atoms with E-state index in [2.05, 4.69) is 21.2 Å². The number of methoxy groups -OCH3 is 2. The molecule has 0 heterocycles. The van der Waals surface area contributed by atoms with E-state index in [1.54, 1.807) is 14.2 Å². The summed E-state index contributed by atoms with van der Waals surface area (Å²) in [6, 6.07) is 0. The molecular formula is C11H20BrNO3. The number of nitrogens with one attached hydrogen (secondary N) is 1. The summed E-state index contributed by atoms with van der Waals surface area (Å²) in [5.74, 6) is 0.0575. The number of hydrogen-bond donors (Lipinski definition) is 1. The summed E-state index contributed by atoms with van der Waals surface area (Å²) >= 11 is 3.42. The molecule has 5 heteroatoms. The van der Waals surface area contributed by atoms with E-state index in [9.17, 15) is 4.79 Å². The Balaban J connectivity index is 2.20. The van der Waals surface area contributed by atoms with Crippen molar-refractivity contribution in [2.24, 2.45) is 0 Å². The first-order valence-electron chi connectivity index (χ1n) is 5.57. The number of halogens is 1. The number of hydrogen-bond acceptors (Lipinski definition) is 3. The van der Waals surface area contributed by atoms with Crippen molar-refractivity contribution in [3.05, 3.63) is 0 Å². The number of amides is 1. The van der Waals surface area contributed by atoms with E-state index < -0.39 is 0 Å². The molecule has 1 unspecified atom stereocenters. The maximum Gasteiger partial charge on any atom is 0.222 e. The Kier molecular flexibility index (Phi) is 5.72. The molecule has 4 nitrogen and oxygen atoms in total. The normalized spacial score (nSPS) is 19.9. The van der Waals surface area contributed by atoms with E-state index in [4.69, 9.17) is 9.47 Å². The van der Waals surface area contributed by atoms with Crippen LogP contribution in [0, 0.1) is 0 Å². The fourth-order valence-corrected chi connectivity index (χ4v) is 2.27. The van der Waals surface area contributed by atoms with Crippen molar-refractivity contribution in [1.29, 1.82) is 0 Å². The molecular weight excluding hydrogens is 274 g/mol. The quantitative estimate of drug-likeness (QED) is 0.723. The molecule has 1 aliphatic rings. The van der Waals surface area contributed by atoms with Gasteiger partial charge in [-0.1, -0.05) is 15.9 Å². The first-order chi connectivity index (χ1) is 7.62. The van der Waals surface area contributed by atoms with Crippen molar-refractivity contribution in [1.82, 2.24) is 5.32 Å². The van der Waals surface area contributed by atoms with Gasteiger partial charge in [-0.05, 0) is 19.3 Å². The molecule has 1 atom stereocenters. The Morgan fingerprint density at radius 1 is 1.50 bits per heavy atom. The van der Waals surface area contributed by atoms with Crippen molar-refractivity contribution in [3.8, 4) is 0 Å². The highest BCUT2D eigenvalue weighted by Crippen LogP contribution is 2.37. The summed E-state index contributed by atoms with van der Waals surface area (Å²) < 4.78 is 10.4. The van der Waals surface area contributed by atoms with E-state index in [1.165, 1.54) is 0 Å². The SMILES string of the molecule is COCC(Br)CNC(=O)CC1(OC)CCC1. The predicted octanol–water partition coefficient (Wildman–Crippen LogP) is 1.47. The minimum atomic E-state index is -0.187. The van der Waals surface area contributed by atoms with Crippen LogP contribution >= 0.6 is 15.9 Å². The summed E-state index contributed by atoms with van der Waals surface area (Å²) in [5.41, 5.74) is -0.187. The van der Waals surface area contributed by atoms with Crippen LogP contribution in [0.3, 0.4) is 0 Å². The highest BCUT2D eigenvalue weighted by molar-refractivity contribution is 9.09. The lowest BCUT2D eigenvalue weighted by Crippen LogP contribution is -2.44. The maximum atomic E-state index is 11.7. The average Bonchev–Trinajstić information content (AvgIpc) is 2.21. The van der Waals surface area contributed by atoms with Gasteiger partial charge in [-0.2, -0.15) is 0 Å². The molecule has 1 saturated carbocycles. The first-order valence-corrected chi connectivity index (χ1v) is 6.48. The highest BCUT2D eigenvalue weighted by atomic mass is 79.9. The van der Waals surface area contributed by atoms with Crippen LogP contribution in [-0.4, -0.2) is 43.7 Å². The molecule has 1 fully saturated rings. The molecule has 0 aromatic heterocycles. The number of ether oxygens (including phenoxy) is 2. The molecule has 0 aromatic carbocycles. The van der Waals surface area contributed by atoms with Gasteiger partial charge in [0.1, 0.15) is 0 Å². The number of carbonyl (C=O) groups excluding carboxylic acids is 1. The van der Waals surface area contributed by atoms with Crippen LogP contribution in [0.4, 0.5) is 0 Å². The Morgan fingerprint density at radius 2 is 2.19 bits per heavy atom. The van der Waals surface area contributed by atoms with Crippen molar-refractivity contribution >= 4 is 21.8 Å². The van der Waals surface area contributed by atoms with Crippen LogP contribution in [-0.2, 0) is 14.3 Å². The summed E-state index contributed by atoms with van der Waals surface area (Å²) in [5, 5.41) is 2.88. The monoisotopic (exact) mass is 293 g/mol. The molecule has 0 aromatic rings. The lowest BCUT2D eigenvalue weighted by atomic mass is 9.77. The van der Waals surface area contributed by atoms with E-state index in [-0.39, 0.29) is 16.3 Å². The third-order valence-corrected chi connectivity index (χ3v) is 3.64. The van der Waals surface area contributed by atoms with E-state index in [1.807, 2.05) is 0 Å². The summed E-state index contributed by atoms with van der Waals surface area (Å²) in [4.78, 5) is 11.8. The molecule has 0 spiro atoms. The van der Waals surface area contributed by atoms with E-state index in [0.29, 0.717) is 19.6 Å². The molecule has 0 saturated heterocycles. The third kappa shape index (κ3) is 4.03. The summed E-state index contributed by atoms with van der Waals surface area (Å²) in [6.07, 6.45) is 3.61. The number of carbonyl (C=O) groups is 1. The third-order valence-electron chi connectivity index (χ3n) is 3.05. The first kappa shape index (κ1) is 13.9. The van der Waals surface area contributed by atoms with Gasteiger partial charge in [-0.25, -0.2) is 0 Å². The topological polar surface area (TPSA) is 47.6 Å². The molecule has 16 heavy (non-hydrogen) atoms. The van der Waals surface area contributed by atoms with Gasteiger partial charge < -0.3 is 14.8 Å². The van der Waals surface area contributed by atoms with Gasteiger partial charge in [0.05, 0.1) is 23.5 Å². The molecule has 1 aliphatic carbocycles. The standard InChI is InChI=1S/C11H20BrNO3/c1-15-8-9(12)7-13-10(14)6-11(16-2)4-3-5-11/h9H,3-8H2,1-2H3,(H,13,14). The number of rotatable bonds is 7. The van der Waals surface area contributed by atoms with Gasteiger partial charge >= 0.3 is 0 Å². The van der Waals surface area contributed by atoms with Gasteiger partial charge in [-0.15, -0.1) is 0 Å². The highest BCUT2D eigenvalue weighted by Gasteiger charge is 2.38. The van der Waals surface area contributed by atoms with Crippen molar-refractivity contribution in [2.45, 2.75) is 36.1 Å². The van der Waals surface area contributed by atoms with Crippen LogP contribution in [0.1, 0.15) is 25.7 Å². The fraction of sp³-hybridized carbons (Fsp3) is 0.909. The maximum absolute atomic E-state index is 11.7. The summed E-state index contributed by atoms with van der Waals surface area (Å²) in [7, 11) is 3.33. The van der Waals surface area contributed by atoms with E-state index in [0.717, 1.165) is 19.3 Å². The van der Waals surface area contributed by atoms with Gasteiger partial charge in [0.2, 0.25) is 5.91 Å². The molecule has 0 radical (unpaired) electrons. The minimum absolute atomic E-state index is 0.0575. The molecule has 94 valence electrons. The second-order valence-corrected chi connectivity index (χ2v) is 5.57.